The van der Waals surface area contributed by atoms with Crippen LogP contribution in [0.4, 0.5) is 4.79 Å². The van der Waals surface area contributed by atoms with E-state index in [2.05, 4.69) is 5.32 Å². The van der Waals surface area contributed by atoms with Crippen molar-refractivity contribution in [1.29, 1.82) is 0 Å². The third kappa shape index (κ3) is 5.33. The molecule has 18 heavy (non-hydrogen) atoms. The summed E-state index contributed by atoms with van der Waals surface area (Å²) in [5, 5.41) is 11.4. The van der Waals surface area contributed by atoms with Gasteiger partial charge in [0.2, 0.25) is 0 Å². The standard InChI is InChI=1S/C11H20N2O5/c1-17-5-2-3-12-11(16)13-4-6-18-9(8-13)7-10(14)15/h9H,2-8H2,1H3,(H,12,16)(H,14,15). The van der Waals surface area contributed by atoms with Crippen LogP contribution in [-0.4, -0.2) is 68.1 Å². The van der Waals surface area contributed by atoms with E-state index in [4.69, 9.17) is 14.6 Å². The van der Waals surface area contributed by atoms with E-state index in [1.807, 2.05) is 0 Å². The molecule has 0 aromatic carbocycles. The van der Waals surface area contributed by atoms with Crippen molar-refractivity contribution in [3.05, 3.63) is 0 Å². The molecule has 0 saturated carbocycles. The molecule has 0 aromatic heterocycles. The average molecular weight is 260 g/mol. The van der Waals surface area contributed by atoms with Crippen LogP contribution in [0.3, 0.4) is 0 Å². The summed E-state index contributed by atoms with van der Waals surface area (Å²) in [6.07, 6.45) is 0.263. The largest absolute Gasteiger partial charge is 0.481 e. The second-order valence-electron chi connectivity index (χ2n) is 4.11. The molecule has 2 amide bonds. The number of aliphatic carboxylic acids is 1. The number of carbonyl (C=O) groups excluding carboxylic acids is 1. The highest BCUT2D eigenvalue weighted by Gasteiger charge is 2.25. The minimum absolute atomic E-state index is 0.0759. The number of hydrogen-bond donors (Lipinski definition) is 2. The number of carboxylic acids is 1. The summed E-state index contributed by atoms with van der Waals surface area (Å²) in [6.45, 7) is 2.34. The number of nitrogens with one attached hydrogen (secondary N) is 1. The molecule has 0 radical (unpaired) electrons. The van der Waals surface area contributed by atoms with Gasteiger partial charge in [-0.25, -0.2) is 4.79 Å². The van der Waals surface area contributed by atoms with Crippen molar-refractivity contribution in [2.24, 2.45) is 0 Å². The Labute approximate surface area is 106 Å². The van der Waals surface area contributed by atoms with Crippen LogP contribution in [0.25, 0.3) is 0 Å². The quantitative estimate of drug-likeness (QED) is 0.651. The van der Waals surface area contributed by atoms with Gasteiger partial charge in [-0.2, -0.15) is 0 Å². The molecule has 7 heteroatoms. The Kier molecular flexibility index (Phi) is 6.45. The van der Waals surface area contributed by atoms with E-state index in [9.17, 15) is 9.59 Å². The first-order chi connectivity index (χ1) is 8.63. The zero-order chi connectivity index (χ0) is 13.4. The molecule has 1 aliphatic heterocycles. The number of ether oxygens (including phenoxy) is 2. The normalized spacial score (nSPS) is 19.6. The number of urea groups is 1. The monoisotopic (exact) mass is 260 g/mol. The van der Waals surface area contributed by atoms with Crippen LogP contribution < -0.4 is 5.32 Å². The lowest BCUT2D eigenvalue weighted by molar-refractivity contribution is -0.141. The molecule has 1 heterocycles. The van der Waals surface area contributed by atoms with Crippen molar-refractivity contribution in [2.45, 2.75) is 18.9 Å². The second-order valence-corrected chi connectivity index (χ2v) is 4.11. The van der Waals surface area contributed by atoms with E-state index in [0.29, 0.717) is 32.8 Å². The fourth-order valence-electron chi connectivity index (χ4n) is 1.75. The number of morpholine rings is 1. The number of amides is 2. The second kappa shape index (κ2) is 7.88. The van der Waals surface area contributed by atoms with Crippen LogP contribution in [0.1, 0.15) is 12.8 Å². The van der Waals surface area contributed by atoms with E-state index in [0.717, 1.165) is 6.42 Å². The first-order valence-electron chi connectivity index (χ1n) is 5.98. The van der Waals surface area contributed by atoms with E-state index in [-0.39, 0.29) is 12.5 Å². The first-order valence-corrected chi connectivity index (χ1v) is 5.98. The summed E-state index contributed by atoms with van der Waals surface area (Å²) in [7, 11) is 1.61. The molecule has 1 rings (SSSR count). The highest BCUT2D eigenvalue weighted by Crippen LogP contribution is 2.08. The van der Waals surface area contributed by atoms with Gasteiger partial charge in [-0.05, 0) is 6.42 Å². The van der Waals surface area contributed by atoms with Gasteiger partial charge >= 0.3 is 12.0 Å². The summed E-state index contributed by atoms with van der Waals surface area (Å²) in [5.41, 5.74) is 0. The Morgan fingerprint density at radius 3 is 3.00 bits per heavy atom. The molecule has 0 aliphatic carbocycles. The molecule has 1 aliphatic rings. The number of rotatable bonds is 6. The molecule has 1 saturated heterocycles. The van der Waals surface area contributed by atoms with Crippen LogP contribution in [0.2, 0.25) is 0 Å². The third-order valence-corrected chi connectivity index (χ3v) is 2.63. The molecule has 0 aromatic rings. The first kappa shape index (κ1) is 14.7. The minimum Gasteiger partial charge on any atom is -0.481 e. The van der Waals surface area contributed by atoms with Crippen molar-refractivity contribution >= 4 is 12.0 Å². The predicted octanol–water partition coefficient (Wildman–Crippen LogP) is -0.0920. The Balaban J connectivity index is 2.27. The molecular formula is C11H20N2O5. The van der Waals surface area contributed by atoms with E-state index in [1.54, 1.807) is 12.0 Å². The van der Waals surface area contributed by atoms with Gasteiger partial charge in [-0.3, -0.25) is 4.79 Å². The average Bonchev–Trinajstić information content (AvgIpc) is 2.34. The summed E-state index contributed by atoms with van der Waals surface area (Å²) < 4.78 is 10.2. The highest BCUT2D eigenvalue weighted by atomic mass is 16.5. The lowest BCUT2D eigenvalue weighted by Gasteiger charge is -2.32. The Morgan fingerprint density at radius 2 is 2.33 bits per heavy atom. The molecule has 1 fully saturated rings. The highest BCUT2D eigenvalue weighted by molar-refractivity contribution is 5.74. The molecule has 2 N–H and O–H groups in total. The minimum atomic E-state index is -0.914. The smallest absolute Gasteiger partial charge is 0.317 e. The van der Waals surface area contributed by atoms with Gasteiger partial charge in [0.15, 0.2) is 0 Å². The molecule has 0 spiro atoms. The predicted molar refractivity (Wildman–Crippen MR) is 63.5 cm³/mol. The van der Waals surface area contributed by atoms with Crippen molar-refractivity contribution < 1.29 is 24.2 Å². The van der Waals surface area contributed by atoms with Crippen molar-refractivity contribution in [1.82, 2.24) is 10.2 Å². The maximum atomic E-state index is 11.8. The van der Waals surface area contributed by atoms with Gasteiger partial charge in [0.05, 0.1) is 19.1 Å². The summed E-state index contributed by atoms with van der Waals surface area (Å²) in [4.78, 5) is 23.9. The number of hydrogen-bond acceptors (Lipinski definition) is 4. The van der Waals surface area contributed by atoms with Crippen LogP contribution in [0.5, 0.6) is 0 Å². The van der Waals surface area contributed by atoms with Gasteiger partial charge in [0.1, 0.15) is 0 Å². The lowest BCUT2D eigenvalue weighted by atomic mass is 10.2. The molecule has 1 atom stereocenters. The fraction of sp³-hybridized carbons (Fsp3) is 0.818. The number of nitrogens with zero attached hydrogens (tertiary/aromatic N) is 1. The van der Waals surface area contributed by atoms with Crippen molar-refractivity contribution in [3.63, 3.8) is 0 Å². The van der Waals surface area contributed by atoms with Crippen LogP contribution in [-0.2, 0) is 14.3 Å². The van der Waals surface area contributed by atoms with Crippen LogP contribution >= 0.6 is 0 Å². The maximum absolute atomic E-state index is 11.8. The Bertz CT molecular complexity index is 285. The molecular weight excluding hydrogens is 240 g/mol. The Morgan fingerprint density at radius 1 is 1.56 bits per heavy atom. The van der Waals surface area contributed by atoms with E-state index in [1.165, 1.54) is 0 Å². The molecule has 0 bridgehead atoms. The van der Waals surface area contributed by atoms with Gasteiger partial charge in [0.25, 0.3) is 0 Å². The number of methoxy groups -OCH3 is 1. The maximum Gasteiger partial charge on any atom is 0.317 e. The van der Waals surface area contributed by atoms with Gasteiger partial charge < -0.3 is 24.8 Å². The summed E-state index contributed by atoms with van der Waals surface area (Å²) in [6, 6.07) is -0.176. The van der Waals surface area contributed by atoms with Crippen LogP contribution in [0.15, 0.2) is 0 Å². The Hall–Kier alpha value is -1.34. The molecule has 104 valence electrons. The number of carboxylic acid groups (broad SMARTS) is 1. The summed E-state index contributed by atoms with van der Waals surface area (Å²) in [5.74, 6) is -0.914. The van der Waals surface area contributed by atoms with Crippen molar-refractivity contribution in [3.8, 4) is 0 Å². The van der Waals surface area contributed by atoms with E-state index >= 15 is 0 Å². The third-order valence-electron chi connectivity index (χ3n) is 2.63. The van der Waals surface area contributed by atoms with Crippen molar-refractivity contribution in [2.75, 3.05) is 40.0 Å². The zero-order valence-corrected chi connectivity index (χ0v) is 10.6. The molecule has 7 nitrogen and oxygen atoms in total. The SMILES string of the molecule is COCCCNC(=O)N1CCOC(CC(=O)O)C1. The van der Waals surface area contributed by atoms with Gasteiger partial charge in [-0.15, -0.1) is 0 Å². The zero-order valence-electron chi connectivity index (χ0n) is 10.6. The van der Waals surface area contributed by atoms with E-state index < -0.39 is 12.1 Å². The summed E-state index contributed by atoms with van der Waals surface area (Å²) >= 11 is 0. The molecule has 1 unspecified atom stereocenters. The van der Waals surface area contributed by atoms with Gasteiger partial charge in [0, 0.05) is 33.4 Å². The van der Waals surface area contributed by atoms with Crippen LogP contribution in [0, 0.1) is 0 Å². The lowest BCUT2D eigenvalue weighted by Crippen LogP contribution is -2.50. The van der Waals surface area contributed by atoms with Gasteiger partial charge in [-0.1, -0.05) is 0 Å². The topological polar surface area (TPSA) is 88.1 Å². The fourth-order valence-corrected chi connectivity index (χ4v) is 1.75. The number of carbonyl (C=O) groups is 2.